The molecule has 0 aliphatic heterocycles. The van der Waals surface area contributed by atoms with E-state index in [4.69, 9.17) is 5.11 Å². The molecule has 2 amide bonds. The van der Waals surface area contributed by atoms with E-state index >= 15 is 0 Å². The minimum Gasteiger partial charge on any atom is -0.480 e. The second-order valence-electron chi connectivity index (χ2n) is 6.37. The first-order valence-corrected chi connectivity index (χ1v) is 8.01. The van der Waals surface area contributed by atoms with Gasteiger partial charge in [-0.1, -0.05) is 12.8 Å². The van der Waals surface area contributed by atoms with Gasteiger partial charge in [0.2, 0.25) is 0 Å². The van der Waals surface area contributed by atoms with Crippen LogP contribution in [0.15, 0.2) is 0 Å². The Morgan fingerprint density at radius 2 is 1.86 bits per heavy atom. The first-order chi connectivity index (χ1) is 10.1. The van der Waals surface area contributed by atoms with Crippen LogP contribution in [0.3, 0.4) is 0 Å². The summed E-state index contributed by atoms with van der Waals surface area (Å²) < 4.78 is 0. The number of carboxylic acid groups (broad SMARTS) is 1. The Morgan fingerprint density at radius 3 is 2.43 bits per heavy atom. The number of nitrogens with zero attached hydrogens (tertiary/aromatic N) is 2. The summed E-state index contributed by atoms with van der Waals surface area (Å²) in [7, 11) is 2.10. The predicted octanol–water partition coefficient (Wildman–Crippen LogP) is 1.37. The maximum atomic E-state index is 12.1. The normalized spacial score (nSPS) is 19.0. The van der Waals surface area contributed by atoms with E-state index in [1.165, 1.54) is 30.6 Å². The van der Waals surface area contributed by atoms with Crippen molar-refractivity contribution in [3.8, 4) is 0 Å². The maximum absolute atomic E-state index is 12.1. The van der Waals surface area contributed by atoms with Gasteiger partial charge in [0, 0.05) is 25.7 Å². The van der Waals surface area contributed by atoms with E-state index in [0.717, 1.165) is 19.4 Å². The molecular weight excluding hydrogens is 270 g/mol. The van der Waals surface area contributed by atoms with Crippen molar-refractivity contribution in [1.82, 2.24) is 15.1 Å². The first-order valence-electron chi connectivity index (χ1n) is 8.01. The molecule has 6 nitrogen and oxygen atoms in total. The third kappa shape index (κ3) is 5.53. The van der Waals surface area contributed by atoms with Gasteiger partial charge in [0.15, 0.2) is 0 Å². The average Bonchev–Trinajstić information content (AvgIpc) is 3.07. The van der Waals surface area contributed by atoms with E-state index in [2.05, 4.69) is 17.3 Å². The number of carbonyl (C=O) groups excluding carboxylic acids is 1. The monoisotopic (exact) mass is 297 g/mol. The SMILES string of the molecule is CN(CCNC(=O)N(CC(=O)O)CC1CC1)C1CCCC1. The third-order valence-corrected chi connectivity index (χ3v) is 4.48. The lowest BCUT2D eigenvalue weighted by Crippen LogP contribution is -2.46. The second-order valence-corrected chi connectivity index (χ2v) is 6.37. The highest BCUT2D eigenvalue weighted by atomic mass is 16.4. The lowest BCUT2D eigenvalue weighted by atomic mass is 10.2. The van der Waals surface area contributed by atoms with E-state index in [9.17, 15) is 9.59 Å². The van der Waals surface area contributed by atoms with Gasteiger partial charge in [-0.05, 0) is 38.6 Å². The molecule has 21 heavy (non-hydrogen) atoms. The largest absolute Gasteiger partial charge is 0.480 e. The molecule has 0 radical (unpaired) electrons. The summed E-state index contributed by atoms with van der Waals surface area (Å²) in [6.45, 7) is 1.75. The Morgan fingerprint density at radius 1 is 1.19 bits per heavy atom. The minimum absolute atomic E-state index is 0.208. The van der Waals surface area contributed by atoms with Crippen molar-refractivity contribution in [2.45, 2.75) is 44.6 Å². The van der Waals surface area contributed by atoms with Crippen LogP contribution in [0, 0.1) is 5.92 Å². The zero-order valence-corrected chi connectivity index (χ0v) is 12.9. The highest BCUT2D eigenvalue weighted by Crippen LogP contribution is 2.29. The first kappa shape index (κ1) is 16.1. The highest BCUT2D eigenvalue weighted by Gasteiger charge is 2.28. The van der Waals surface area contributed by atoms with Crippen LogP contribution >= 0.6 is 0 Å². The Kier molecular flexibility index (Phi) is 5.85. The lowest BCUT2D eigenvalue weighted by Gasteiger charge is -2.25. The Hall–Kier alpha value is -1.30. The maximum Gasteiger partial charge on any atom is 0.323 e. The topological polar surface area (TPSA) is 72.9 Å². The highest BCUT2D eigenvalue weighted by molar-refractivity contribution is 5.80. The fourth-order valence-electron chi connectivity index (χ4n) is 2.97. The molecule has 2 N–H and O–H groups in total. The quantitative estimate of drug-likeness (QED) is 0.709. The van der Waals surface area contributed by atoms with E-state index in [1.54, 1.807) is 0 Å². The molecule has 2 saturated carbocycles. The van der Waals surface area contributed by atoms with Gasteiger partial charge < -0.3 is 20.2 Å². The number of aliphatic carboxylic acids is 1. The van der Waals surface area contributed by atoms with Gasteiger partial charge in [-0.25, -0.2) is 4.79 Å². The molecule has 0 bridgehead atoms. The average molecular weight is 297 g/mol. The number of urea groups is 1. The summed E-state index contributed by atoms with van der Waals surface area (Å²) in [5.41, 5.74) is 0. The van der Waals surface area contributed by atoms with Crippen molar-refractivity contribution in [2.75, 3.05) is 33.2 Å². The molecule has 0 heterocycles. The number of likely N-dealkylation sites (N-methyl/N-ethyl adjacent to an activating group) is 1. The van der Waals surface area contributed by atoms with E-state index in [-0.39, 0.29) is 12.6 Å². The minimum atomic E-state index is -0.950. The summed E-state index contributed by atoms with van der Waals surface area (Å²) in [6, 6.07) is 0.396. The van der Waals surface area contributed by atoms with Crippen molar-refractivity contribution in [1.29, 1.82) is 0 Å². The molecule has 0 saturated heterocycles. The van der Waals surface area contributed by atoms with Gasteiger partial charge in [0.25, 0.3) is 0 Å². The summed E-state index contributed by atoms with van der Waals surface area (Å²) in [6.07, 6.45) is 7.31. The number of nitrogens with one attached hydrogen (secondary N) is 1. The van der Waals surface area contributed by atoms with Crippen LogP contribution in [0.5, 0.6) is 0 Å². The molecule has 0 spiro atoms. The summed E-state index contributed by atoms with van der Waals surface area (Å²) in [5, 5.41) is 11.8. The molecule has 0 aromatic rings. The fraction of sp³-hybridized carbons (Fsp3) is 0.867. The number of carboxylic acids is 1. The third-order valence-electron chi connectivity index (χ3n) is 4.48. The summed E-state index contributed by atoms with van der Waals surface area (Å²) >= 11 is 0. The Labute approximate surface area is 126 Å². The molecule has 2 rings (SSSR count). The van der Waals surface area contributed by atoms with Crippen LogP contribution in [0.2, 0.25) is 0 Å². The molecule has 120 valence electrons. The van der Waals surface area contributed by atoms with Gasteiger partial charge in [0.05, 0.1) is 0 Å². The van der Waals surface area contributed by atoms with Crippen molar-refractivity contribution in [3.05, 3.63) is 0 Å². The van der Waals surface area contributed by atoms with Crippen LogP contribution < -0.4 is 5.32 Å². The standard InChI is InChI=1S/C15H27N3O3/c1-17(13-4-2-3-5-13)9-8-16-15(21)18(11-14(19)20)10-12-6-7-12/h12-13H,2-11H2,1H3,(H,16,21)(H,19,20). The molecule has 6 heteroatoms. The smallest absolute Gasteiger partial charge is 0.323 e. The van der Waals surface area contributed by atoms with E-state index < -0.39 is 5.97 Å². The molecule has 0 aromatic carbocycles. The number of rotatable bonds is 8. The Balaban J connectivity index is 1.68. The number of hydrogen-bond acceptors (Lipinski definition) is 3. The summed E-state index contributed by atoms with van der Waals surface area (Å²) in [5.74, 6) is -0.454. The van der Waals surface area contributed by atoms with Crippen LogP contribution in [0.25, 0.3) is 0 Å². The van der Waals surface area contributed by atoms with Crippen LogP contribution in [0.4, 0.5) is 4.79 Å². The van der Waals surface area contributed by atoms with E-state index in [1.807, 2.05) is 0 Å². The molecule has 2 aliphatic carbocycles. The van der Waals surface area contributed by atoms with Crippen molar-refractivity contribution < 1.29 is 14.7 Å². The molecule has 0 unspecified atom stereocenters. The van der Waals surface area contributed by atoms with E-state index in [0.29, 0.717) is 25.0 Å². The zero-order chi connectivity index (χ0) is 15.2. The molecule has 0 aromatic heterocycles. The van der Waals surface area contributed by atoms with Gasteiger partial charge in [-0.2, -0.15) is 0 Å². The van der Waals surface area contributed by atoms with Crippen LogP contribution in [0.1, 0.15) is 38.5 Å². The predicted molar refractivity (Wildman–Crippen MR) is 80.2 cm³/mol. The van der Waals surface area contributed by atoms with Crippen LogP contribution in [-0.4, -0.2) is 66.2 Å². The fourth-order valence-corrected chi connectivity index (χ4v) is 2.97. The second kappa shape index (κ2) is 7.64. The van der Waals surface area contributed by atoms with Crippen molar-refractivity contribution in [3.63, 3.8) is 0 Å². The molecular formula is C15H27N3O3. The Bertz CT molecular complexity index is 365. The van der Waals surface area contributed by atoms with Gasteiger partial charge in [0.1, 0.15) is 6.54 Å². The molecule has 2 fully saturated rings. The van der Waals surface area contributed by atoms with Gasteiger partial charge in [-0.3, -0.25) is 4.79 Å². The summed E-state index contributed by atoms with van der Waals surface area (Å²) in [4.78, 5) is 26.6. The molecule has 2 aliphatic rings. The number of amides is 2. The zero-order valence-electron chi connectivity index (χ0n) is 12.9. The van der Waals surface area contributed by atoms with Crippen molar-refractivity contribution >= 4 is 12.0 Å². The lowest BCUT2D eigenvalue weighted by molar-refractivity contribution is -0.137. The van der Waals surface area contributed by atoms with Gasteiger partial charge >= 0.3 is 12.0 Å². The van der Waals surface area contributed by atoms with Crippen LogP contribution in [-0.2, 0) is 4.79 Å². The molecule has 0 atom stereocenters. The number of carbonyl (C=O) groups is 2. The van der Waals surface area contributed by atoms with Gasteiger partial charge in [-0.15, -0.1) is 0 Å². The van der Waals surface area contributed by atoms with Crippen molar-refractivity contribution in [2.24, 2.45) is 5.92 Å². The number of hydrogen-bond donors (Lipinski definition) is 2.